The van der Waals surface area contributed by atoms with Crippen LogP contribution in [0.4, 0.5) is 13.2 Å². The van der Waals surface area contributed by atoms with E-state index < -0.39 is 17.6 Å². The van der Waals surface area contributed by atoms with Crippen molar-refractivity contribution in [2.75, 3.05) is 26.2 Å². The summed E-state index contributed by atoms with van der Waals surface area (Å²) < 4.78 is 41.1. The van der Waals surface area contributed by atoms with Crippen molar-refractivity contribution in [3.63, 3.8) is 0 Å². The summed E-state index contributed by atoms with van der Waals surface area (Å²) >= 11 is 0. The summed E-state index contributed by atoms with van der Waals surface area (Å²) in [6.45, 7) is 0.855. The number of pyridine rings is 1. The molecule has 20 heavy (non-hydrogen) atoms. The van der Waals surface area contributed by atoms with E-state index in [1.165, 1.54) is 24.4 Å². The van der Waals surface area contributed by atoms with Crippen LogP contribution in [0.5, 0.6) is 0 Å². The molecule has 0 spiro atoms. The fraction of sp³-hybridized carbons (Fsp3) is 0.500. The van der Waals surface area contributed by atoms with Gasteiger partial charge in [-0.05, 0) is 12.1 Å². The second-order valence-electron chi connectivity index (χ2n) is 4.52. The molecule has 3 N–H and O–H groups in total. The number of amides is 1. The van der Waals surface area contributed by atoms with Crippen LogP contribution in [-0.2, 0) is 10.3 Å². The molecule has 0 aromatic carbocycles. The number of nitrogens with one attached hydrogen (secondary N) is 1. The Morgan fingerprint density at radius 2 is 1.95 bits per heavy atom. The molecule has 1 aliphatic heterocycles. The van der Waals surface area contributed by atoms with Crippen LogP contribution in [-0.4, -0.2) is 48.1 Å². The number of halogens is 3. The number of nitrogens with two attached hydrogens (primary N) is 1. The van der Waals surface area contributed by atoms with Gasteiger partial charge in [0.25, 0.3) is 5.91 Å². The van der Waals surface area contributed by atoms with Gasteiger partial charge >= 0.3 is 6.18 Å². The Hall–Kier alpha value is -1.67. The number of piperazine rings is 1. The van der Waals surface area contributed by atoms with Gasteiger partial charge in [0.15, 0.2) is 0 Å². The van der Waals surface area contributed by atoms with Crippen molar-refractivity contribution in [3.05, 3.63) is 30.1 Å². The first-order valence-corrected chi connectivity index (χ1v) is 6.14. The molecule has 1 amide bonds. The average Bonchev–Trinajstić information content (AvgIpc) is 2.40. The summed E-state index contributed by atoms with van der Waals surface area (Å²) in [5.41, 5.74) is 1.89. The highest BCUT2D eigenvalue weighted by Gasteiger charge is 2.65. The average molecular weight is 288 g/mol. The van der Waals surface area contributed by atoms with Crippen molar-refractivity contribution in [3.8, 4) is 0 Å². The van der Waals surface area contributed by atoms with E-state index in [9.17, 15) is 18.0 Å². The molecule has 1 aromatic rings. The van der Waals surface area contributed by atoms with Crippen molar-refractivity contribution in [1.29, 1.82) is 0 Å². The number of rotatable bonds is 3. The van der Waals surface area contributed by atoms with Crippen LogP contribution in [0.2, 0.25) is 0 Å². The molecular formula is C12H15F3N4O. The number of nitrogens with zero attached hydrogens (tertiary/aromatic N) is 2. The fourth-order valence-corrected chi connectivity index (χ4v) is 2.49. The molecule has 110 valence electrons. The number of primary amides is 1. The van der Waals surface area contributed by atoms with Crippen LogP contribution < -0.4 is 11.1 Å². The molecule has 1 saturated heterocycles. The molecule has 0 saturated carbocycles. The van der Waals surface area contributed by atoms with Gasteiger partial charge in [-0.2, -0.15) is 13.2 Å². The monoisotopic (exact) mass is 288 g/mol. The number of aromatic nitrogens is 1. The molecule has 0 bridgehead atoms. The van der Waals surface area contributed by atoms with Crippen LogP contribution in [0.25, 0.3) is 0 Å². The fourth-order valence-electron chi connectivity index (χ4n) is 2.49. The van der Waals surface area contributed by atoms with Crippen LogP contribution >= 0.6 is 0 Å². The second kappa shape index (κ2) is 5.37. The van der Waals surface area contributed by atoms with Crippen LogP contribution in [0, 0.1) is 0 Å². The summed E-state index contributed by atoms with van der Waals surface area (Å²) in [7, 11) is 0. The van der Waals surface area contributed by atoms with Gasteiger partial charge in [0.1, 0.15) is 0 Å². The van der Waals surface area contributed by atoms with Gasteiger partial charge in [0, 0.05) is 32.4 Å². The van der Waals surface area contributed by atoms with Gasteiger partial charge in [0.05, 0.1) is 5.69 Å². The maximum atomic E-state index is 13.7. The molecule has 1 unspecified atom stereocenters. The lowest BCUT2D eigenvalue weighted by Crippen LogP contribution is -2.67. The molecule has 8 heteroatoms. The lowest BCUT2D eigenvalue weighted by molar-refractivity contribution is -0.234. The number of hydrogen-bond acceptors (Lipinski definition) is 4. The minimum atomic E-state index is -4.84. The van der Waals surface area contributed by atoms with E-state index >= 15 is 0 Å². The van der Waals surface area contributed by atoms with E-state index in [0.29, 0.717) is 13.1 Å². The molecule has 1 fully saturated rings. The van der Waals surface area contributed by atoms with Crippen molar-refractivity contribution in [2.24, 2.45) is 5.73 Å². The van der Waals surface area contributed by atoms with Crippen molar-refractivity contribution in [2.45, 2.75) is 11.7 Å². The van der Waals surface area contributed by atoms with E-state index in [0.717, 1.165) is 4.90 Å². The minimum absolute atomic E-state index is 0.0685. The summed E-state index contributed by atoms with van der Waals surface area (Å²) in [4.78, 5) is 16.5. The Morgan fingerprint density at radius 3 is 2.40 bits per heavy atom. The van der Waals surface area contributed by atoms with Gasteiger partial charge in [0.2, 0.25) is 5.54 Å². The molecule has 0 radical (unpaired) electrons. The first-order chi connectivity index (χ1) is 9.40. The van der Waals surface area contributed by atoms with Crippen LogP contribution in [0.15, 0.2) is 24.4 Å². The third kappa shape index (κ3) is 2.25. The van der Waals surface area contributed by atoms with E-state index in [1.807, 2.05) is 0 Å². The number of carbonyl (C=O) groups is 1. The Kier molecular flexibility index (Phi) is 3.96. The van der Waals surface area contributed by atoms with Crippen LogP contribution in [0.1, 0.15) is 5.69 Å². The van der Waals surface area contributed by atoms with Gasteiger partial charge in [-0.1, -0.05) is 6.07 Å². The molecule has 2 rings (SSSR count). The highest BCUT2D eigenvalue weighted by atomic mass is 19.4. The van der Waals surface area contributed by atoms with E-state index in [2.05, 4.69) is 10.3 Å². The standard InChI is InChI=1S/C12H15F3N4O/c13-12(14,15)11(10(16)20,9-3-1-2-4-18-9)19-7-5-17-6-8-19/h1-4,17H,5-8H2,(H2,16,20). The third-order valence-electron chi connectivity index (χ3n) is 3.39. The summed E-state index contributed by atoms with van der Waals surface area (Å²) in [6.07, 6.45) is -3.62. The Balaban J connectivity index is 2.59. The van der Waals surface area contributed by atoms with Crippen molar-refractivity contribution >= 4 is 5.91 Å². The topological polar surface area (TPSA) is 71.2 Å². The quantitative estimate of drug-likeness (QED) is 0.835. The highest BCUT2D eigenvalue weighted by molar-refractivity contribution is 5.86. The zero-order valence-electron chi connectivity index (χ0n) is 10.7. The molecule has 5 nitrogen and oxygen atoms in total. The van der Waals surface area contributed by atoms with Gasteiger partial charge in [-0.3, -0.25) is 14.7 Å². The van der Waals surface area contributed by atoms with E-state index in [1.54, 1.807) is 0 Å². The van der Waals surface area contributed by atoms with Gasteiger partial charge < -0.3 is 11.1 Å². The van der Waals surface area contributed by atoms with Crippen molar-refractivity contribution < 1.29 is 18.0 Å². The highest BCUT2D eigenvalue weighted by Crippen LogP contribution is 2.43. The predicted octanol–water partition coefficient (Wildman–Crippen LogP) is 0.230. The number of alkyl halides is 3. The molecule has 1 aromatic heterocycles. The summed E-state index contributed by atoms with van der Waals surface area (Å²) in [5.74, 6) is -1.45. The normalized spacial score (nSPS) is 20.4. The predicted molar refractivity (Wildman–Crippen MR) is 65.6 cm³/mol. The maximum absolute atomic E-state index is 13.7. The first kappa shape index (κ1) is 14.7. The molecular weight excluding hydrogens is 273 g/mol. The Bertz CT molecular complexity index is 473. The Labute approximate surface area is 114 Å². The zero-order valence-corrected chi connectivity index (χ0v) is 10.7. The molecule has 1 aliphatic rings. The van der Waals surface area contributed by atoms with Gasteiger partial charge in [-0.15, -0.1) is 0 Å². The molecule has 1 atom stereocenters. The SMILES string of the molecule is NC(=O)C(c1ccccn1)(N1CCNCC1)C(F)(F)F. The maximum Gasteiger partial charge on any atom is 0.421 e. The largest absolute Gasteiger partial charge is 0.421 e. The first-order valence-electron chi connectivity index (χ1n) is 6.14. The lowest BCUT2D eigenvalue weighted by Gasteiger charge is -2.43. The van der Waals surface area contributed by atoms with Gasteiger partial charge in [-0.25, -0.2) is 0 Å². The smallest absolute Gasteiger partial charge is 0.367 e. The van der Waals surface area contributed by atoms with Crippen molar-refractivity contribution in [1.82, 2.24) is 15.2 Å². The van der Waals surface area contributed by atoms with E-state index in [4.69, 9.17) is 5.73 Å². The minimum Gasteiger partial charge on any atom is -0.367 e. The zero-order chi connectivity index (χ0) is 14.8. The third-order valence-corrected chi connectivity index (χ3v) is 3.39. The summed E-state index contributed by atoms with van der Waals surface area (Å²) in [6, 6.07) is 4.08. The summed E-state index contributed by atoms with van der Waals surface area (Å²) in [5, 5.41) is 2.95. The van der Waals surface area contributed by atoms with E-state index in [-0.39, 0.29) is 18.8 Å². The number of hydrogen-bond donors (Lipinski definition) is 2. The lowest BCUT2D eigenvalue weighted by atomic mass is 9.89. The Morgan fingerprint density at radius 1 is 1.30 bits per heavy atom. The van der Waals surface area contributed by atoms with Crippen LogP contribution in [0.3, 0.4) is 0 Å². The second-order valence-corrected chi connectivity index (χ2v) is 4.52. The number of carbonyl (C=O) groups excluding carboxylic acids is 1. The molecule has 0 aliphatic carbocycles. The molecule has 2 heterocycles.